The van der Waals surface area contributed by atoms with E-state index < -0.39 is 10.0 Å². The summed E-state index contributed by atoms with van der Waals surface area (Å²) in [6, 6.07) is 3.64. The zero-order valence-corrected chi connectivity index (χ0v) is 17.0. The fourth-order valence-corrected chi connectivity index (χ4v) is 5.31. The summed E-state index contributed by atoms with van der Waals surface area (Å²) >= 11 is 0. The van der Waals surface area contributed by atoms with E-state index in [4.69, 9.17) is 0 Å². The number of hydrogen-bond donors (Lipinski definition) is 2. The van der Waals surface area contributed by atoms with Gasteiger partial charge in [0.25, 0.3) is 5.91 Å². The maximum Gasteiger partial charge on any atom is 0.251 e. The van der Waals surface area contributed by atoms with Gasteiger partial charge >= 0.3 is 0 Å². The third-order valence-electron chi connectivity index (χ3n) is 5.52. The summed E-state index contributed by atoms with van der Waals surface area (Å²) in [5.41, 5.74) is 3.35. The highest BCUT2D eigenvalue weighted by Crippen LogP contribution is 2.36. The molecule has 7 nitrogen and oxygen atoms in total. The van der Waals surface area contributed by atoms with Crippen LogP contribution in [-0.2, 0) is 34.1 Å². The molecule has 28 heavy (non-hydrogen) atoms. The topological polar surface area (TPSA) is 97.3 Å². The Hall–Kier alpha value is -2.35. The third-order valence-corrected chi connectivity index (χ3v) is 6.58. The summed E-state index contributed by atoms with van der Waals surface area (Å²) in [5.74, 6) is -0.389. The molecule has 2 aromatic rings. The van der Waals surface area contributed by atoms with Gasteiger partial charge in [-0.1, -0.05) is 0 Å². The molecule has 0 radical (unpaired) electrons. The van der Waals surface area contributed by atoms with Crippen molar-refractivity contribution in [2.24, 2.45) is 0 Å². The minimum Gasteiger partial charge on any atom is -0.355 e. The van der Waals surface area contributed by atoms with Crippen molar-refractivity contribution in [1.29, 1.82) is 0 Å². The molecule has 4 rings (SSSR count). The Morgan fingerprint density at radius 2 is 1.89 bits per heavy atom. The third kappa shape index (κ3) is 3.41. The molecule has 1 heterocycles. The lowest BCUT2D eigenvalue weighted by Gasteiger charge is -2.15. The van der Waals surface area contributed by atoms with Crippen molar-refractivity contribution in [3.05, 3.63) is 34.5 Å². The number of amides is 2. The fraction of sp³-hybridized carbons (Fsp3) is 0.500. The number of aryl methyl sites for hydroxylation is 1. The van der Waals surface area contributed by atoms with Crippen LogP contribution in [0, 0.1) is 0 Å². The maximum absolute atomic E-state index is 12.7. The molecule has 1 saturated carbocycles. The number of nitrogens with one attached hydrogen (secondary N) is 2. The average Bonchev–Trinajstić information content (AvgIpc) is 3.38. The number of carbonyl (C=O) groups excluding carboxylic acids is 2. The van der Waals surface area contributed by atoms with E-state index in [1.807, 2.05) is 0 Å². The molecular formula is C20H25N3O4S. The largest absolute Gasteiger partial charge is 0.355 e. The van der Waals surface area contributed by atoms with Crippen molar-refractivity contribution >= 4 is 32.7 Å². The van der Waals surface area contributed by atoms with Gasteiger partial charge in [-0.3, -0.25) is 9.59 Å². The minimum atomic E-state index is -3.55. The van der Waals surface area contributed by atoms with Crippen LogP contribution in [-0.4, -0.2) is 43.5 Å². The first-order valence-corrected chi connectivity index (χ1v) is 11.6. The van der Waals surface area contributed by atoms with Gasteiger partial charge in [0.2, 0.25) is 15.9 Å². The van der Waals surface area contributed by atoms with Gasteiger partial charge in [-0.15, -0.1) is 0 Å². The Morgan fingerprint density at radius 1 is 1.18 bits per heavy atom. The van der Waals surface area contributed by atoms with Crippen LogP contribution in [0.1, 0.15) is 52.9 Å². The Kier molecular flexibility index (Phi) is 4.69. The van der Waals surface area contributed by atoms with Crippen LogP contribution >= 0.6 is 0 Å². The predicted molar refractivity (Wildman–Crippen MR) is 107 cm³/mol. The van der Waals surface area contributed by atoms with E-state index >= 15 is 0 Å². The van der Waals surface area contributed by atoms with Crippen molar-refractivity contribution < 1.29 is 18.0 Å². The Morgan fingerprint density at radius 3 is 2.54 bits per heavy atom. The lowest BCUT2D eigenvalue weighted by molar-refractivity contribution is -0.120. The highest BCUT2D eigenvalue weighted by molar-refractivity contribution is 7.89. The van der Waals surface area contributed by atoms with E-state index in [-0.39, 0.29) is 24.3 Å². The second-order valence-electron chi connectivity index (χ2n) is 7.79. The van der Waals surface area contributed by atoms with Gasteiger partial charge in [-0.2, -0.15) is 0 Å². The summed E-state index contributed by atoms with van der Waals surface area (Å²) in [5, 5.41) is 6.35. The van der Waals surface area contributed by atoms with Crippen molar-refractivity contribution in [3.63, 3.8) is 0 Å². The summed E-state index contributed by atoms with van der Waals surface area (Å²) in [4.78, 5) is 24.8. The van der Waals surface area contributed by atoms with Gasteiger partial charge in [0.15, 0.2) is 0 Å². The number of hydrogen-bond acceptors (Lipinski definition) is 4. The summed E-state index contributed by atoms with van der Waals surface area (Å²) in [6.45, 7) is 0. The molecule has 2 aliphatic rings. The fourth-order valence-electron chi connectivity index (χ4n) is 4.16. The maximum atomic E-state index is 12.7. The number of nitrogens with zero attached hydrogens (tertiary/aromatic N) is 1. The van der Waals surface area contributed by atoms with Crippen LogP contribution in [0.4, 0.5) is 0 Å². The second kappa shape index (κ2) is 6.92. The Labute approximate surface area is 164 Å². The molecular weight excluding hydrogens is 378 g/mol. The first-order valence-electron chi connectivity index (χ1n) is 9.70. The van der Waals surface area contributed by atoms with E-state index in [0.29, 0.717) is 23.1 Å². The number of rotatable bonds is 5. The van der Waals surface area contributed by atoms with Crippen molar-refractivity contribution in [2.45, 2.75) is 51.0 Å². The molecule has 150 valence electrons. The van der Waals surface area contributed by atoms with E-state index in [1.54, 1.807) is 19.2 Å². The second-order valence-corrected chi connectivity index (χ2v) is 9.62. The quantitative estimate of drug-likeness (QED) is 0.791. The molecule has 0 atom stereocenters. The zero-order chi connectivity index (χ0) is 20.1. The van der Waals surface area contributed by atoms with E-state index in [1.165, 1.54) is 10.2 Å². The molecule has 2 N–H and O–H groups in total. The normalized spacial score (nSPS) is 16.6. The van der Waals surface area contributed by atoms with Gasteiger partial charge in [0, 0.05) is 29.7 Å². The van der Waals surface area contributed by atoms with Gasteiger partial charge in [-0.05, 0) is 61.8 Å². The number of carbonyl (C=O) groups is 2. The number of benzene rings is 1. The SMILES string of the molecule is CNC(=O)c1cc(CC(=O)NC2CC2)c2c(c1)c1c(n2S(C)(=O)=O)CCCC1. The number of fused-ring (bicyclic) bond motifs is 3. The molecule has 0 unspecified atom stereocenters. The molecule has 2 aliphatic carbocycles. The standard InChI is InChI=1S/C20H25N3O4S/c1-21-20(25)13-9-12(11-18(24)22-14-7-8-14)19-16(10-13)15-5-3-4-6-17(15)23(19)28(2,26)27/h9-10,14H,3-8,11H2,1-2H3,(H,21,25)(H,22,24). The van der Waals surface area contributed by atoms with Gasteiger partial charge in [0.1, 0.15) is 0 Å². The first-order chi connectivity index (χ1) is 13.3. The molecule has 0 aliphatic heterocycles. The van der Waals surface area contributed by atoms with Crippen LogP contribution < -0.4 is 10.6 Å². The molecule has 8 heteroatoms. The Balaban J connectivity index is 1.96. The van der Waals surface area contributed by atoms with Crippen molar-refractivity contribution in [3.8, 4) is 0 Å². The summed E-state index contributed by atoms with van der Waals surface area (Å²) in [6.07, 6.45) is 6.58. The van der Waals surface area contributed by atoms with E-state index in [0.717, 1.165) is 48.7 Å². The zero-order valence-electron chi connectivity index (χ0n) is 16.2. The number of aromatic nitrogens is 1. The van der Waals surface area contributed by atoms with Crippen LogP contribution in [0.5, 0.6) is 0 Å². The van der Waals surface area contributed by atoms with Crippen LogP contribution in [0.2, 0.25) is 0 Å². The van der Waals surface area contributed by atoms with Crippen molar-refractivity contribution in [2.75, 3.05) is 13.3 Å². The van der Waals surface area contributed by atoms with Crippen LogP contribution in [0.15, 0.2) is 12.1 Å². The lowest BCUT2D eigenvalue weighted by Crippen LogP contribution is -2.27. The van der Waals surface area contributed by atoms with E-state index in [2.05, 4.69) is 10.6 Å². The first kappa shape index (κ1) is 19.0. The molecule has 0 saturated heterocycles. The molecule has 0 spiro atoms. The van der Waals surface area contributed by atoms with Gasteiger partial charge < -0.3 is 10.6 Å². The molecule has 1 fully saturated rings. The molecule has 1 aromatic heterocycles. The van der Waals surface area contributed by atoms with Crippen LogP contribution in [0.25, 0.3) is 10.9 Å². The van der Waals surface area contributed by atoms with E-state index in [9.17, 15) is 18.0 Å². The summed E-state index contributed by atoms with van der Waals surface area (Å²) < 4.78 is 26.7. The minimum absolute atomic E-state index is 0.0518. The molecule has 2 amide bonds. The van der Waals surface area contributed by atoms with Crippen LogP contribution in [0.3, 0.4) is 0 Å². The monoisotopic (exact) mass is 403 g/mol. The predicted octanol–water partition coefficient (Wildman–Crippen LogP) is 1.51. The molecule has 0 bridgehead atoms. The smallest absolute Gasteiger partial charge is 0.251 e. The van der Waals surface area contributed by atoms with Gasteiger partial charge in [0.05, 0.1) is 18.2 Å². The Bertz CT molecular complexity index is 1080. The average molecular weight is 404 g/mol. The van der Waals surface area contributed by atoms with Gasteiger partial charge in [-0.25, -0.2) is 12.4 Å². The molecule has 1 aromatic carbocycles. The lowest BCUT2D eigenvalue weighted by atomic mass is 9.94. The highest BCUT2D eigenvalue weighted by atomic mass is 32.2. The van der Waals surface area contributed by atoms with Crippen molar-refractivity contribution in [1.82, 2.24) is 14.6 Å². The highest BCUT2D eigenvalue weighted by Gasteiger charge is 2.29. The summed E-state index contributed by atoms with van der Waals surface area (Å²) in [7, 11) is -1.99.